The lowest BCUT2D eigenvalue weighted by Crippen LogP contribution is -2.48. The molecule has 3 nitrogen and oxygen atoms in total. The Morgan fingerprint density at radius 2 is 2.06 bits per heavy atom. The molecular weight excluding hydrogens is 248 g/mol. The molecule has 108 valence electrons. The molecule has 0 aromatic rings. The zero-order valence-electron chi connectivity index (χ0n) is 12.2. The van der Waals surface area contributed by atoms with Gasteiger partial charge in [-0.2, -0.15) is 0 Å². The number of rotatable bonds is 8. The summed E-state index contributed by atoms with van der Waals surface area (Å²) in [6, 6.07) is 0. The molecule has 1 fully saturated rings. The van der Waals surface area contributed by atoms with E-state index in [9.17, 15) is 0 Å². The van der Waals surface area contributed by atoms with Crippen LogP contribution in [-0.2, 0) is 4.74 Å². The van der Waals surface area contributed by atoms with E-state index >= 15 is 0 Å². The molecule has 4 heteroatoms. The largest absolute Gasteiger partial charge is 0.374 e. The van der Waals surface area contributed by atoms with Crippen LogP contribution in [0, 0.1) is 5.41 Å². The molecule has 0 aromatic heterocycles. The predicted octanol–water partition coefficient (Wildman–Crippen LogP) is 2.34. The van der Waals surface area contributed by atoms with Gasteiger partial charge in [-0.1, -0.05) is 20.8 Å². The van der Waals surface area contributed by atoms with E-state index in [4.69, 9.17) is 16.3 Å². The summed E-state index contributed by atoms with van der Waals surface area (Å²) in [5.41, 5.74) is 0.251. The third-order valence-corrected chi connectivity index (χ3v) is 4.89. The third-order valence-electron chi connectivity index (χ3n) is 4.33. The third kappa shape index (κ3) is 4.69. The van der Waals surface area contributed by atoms with Gasteiger partial charge in [-0.3, -0.25) is 4.90 Å². The second kappa shape index (κ2) is 8.36. The quantitative estimate of drug-likeness (QED) is 0.689. The van der Waals surface area contributed by atoms with Crippen LogP contribution in [0.3, 0.4) is 0 Å². The Hall–Kier alpha value is 0.170. The maximum absolute atomic E-state index is 6.11. The Bertz CT molecular complexity index is 214. The second-order valence-electron chi connectivity index (χ2n) is 5.36. The number of nitrogens with zero attached hydrogens (tertiary/aromatic N) is 1. The van der Waals surface area contributed by atoms with E-state index in [2.05, 4.69) is 31.0 Å². The fraction of sp³-hybridized carbons (Fsp3) is 1.00. The van der Waals surface area contributed by atoms with Gasteiger partial charge in [-0.05, 0) is 24.8 Å². The van der Waals surface area contributed by atoms with Crippen molar-refractivity contribution in [3.63, 3.8) is 0 Å². The number of likely N-dealkylation sites (N-methyl/N-ethyl adjacent to an activating group) is 1. The van der Waals surface area contributed by atoms with Gasteiger partial charge in [0.05, 0.1) is 12.7 Å². The summed E-state index contributed by atoms with van der Waals surface area (Å²) in [6.45, 7) is 12.7. The summed E-state index contributed by atoms with van der Waals surface area (Å²) in [4.78, 5) is 2.45. The van der Waals surface area contributed by atoms with Gasteiger partial charge < -0.3 is 10.1 Å². The van der Waals surface area contributed by atoms with Crippen molar-refractivity contribution in [3.05, 3.63) is 0 Å². The summed E-state index contributed by atoms with van der Waals surface area (Å²) in [5, 5.41) is 3.56. The van der Waals surface area contributed by atoms with Crippen molar-refractivity contribution in [1.82, 2.24) is 10.2 Å². The first-order valence-electron chi connectivity index (χ1n) is 7.30. The smallest absolute Gasteiger partial charge is 0.0826 e. The Balaban J connectivity index is 2.28. The number of alkyl halides is 1. The highest BCUT2D eigenvalue weighted by molar-refractivity contribution is 6.18. The van der Waals surface area contributed by atoms with Crippen LogP contribution in [0.5, 0.6) is 0 Å². The SMILES string of the molecule is CCN1CCOC(CNCC(CC)(CC)CCl)C1. The molecule has 0 aromatic carbocycles. The molecule has 0 spiro atoms. The molecule has 1 aliphatic rings. The van der Waals surface area contributed by atoms with Crippen molar-refractivity contribution < 1.29 is 4.74 Å². The van der Waals surface area contributed by atoms with Crippen LogP contribution in [0.25, 0.3) is 0 Å². The van der Waals surface area contributed by atoms with Gasteiger partial charge >= 0.3 is 0 Å². The fourth-order valence-corrected chi connectivity index (χ4v) is 2.90. The molecule has 1 unspecified atom stereocenters. The van der Waals surface area contributed by atoms with Crippen LogP contribution in [0.2, 0.25) is 0 Å². The van der Waals surface area contributed by atoms with Crippen LogP contribution in [0.15, 0.2) is 0 Å². The van der Waals surface area contributed by atoms with Gasteiger partial charge in [0.15, 0.2) is 0 Å². The van der Waals surface area contributed by atoms with Gasteiger partial charge in [-0.15, -0.1) is 11.6 Å². The van der Waals surface area contributed by atoms with Gasteiger partial charge in [0.25, 0.3) is 0 Å². The number of halogens is 1. The summed E-state index contributed by atoms with van der Waals surface area (Å²) >= 11 is 6.11. The topological polar surface area (TPSA) is 24.5 Å². The highest BCUT2D eigenvalue weighted by atomic mass is 35.5. The lowest BCUT2D eigenvalue weighted by Gasteiger charge is -2.34. The highest BCUT2D eigenvalue weighted by Crippen LogP contribution is 2.26. The summed E-state index contributed by atoms with van der Waals surface area (Å²) in [6.07, 6.45) is 2.60. The zero-order valence-corrected chi connectivity index (χ0v) is 12.9. The van der Waals surface area contributed by atoms with Crippen molar-refractivity contribution in [1.29, 1.82) is 0 Å². The minimum atomic E-state index is 0.251. The van der Waals surface area contributed by atoms with E-state index in [0.29, 0.717) is 6.10 Å². The fourth-order valence-electron chi connectivity index (χ4n) is 2.43. The zero-order chi connectivity index (χ0) is 13.4. The van der Waals surface area contributed by atoms with Crippen LogP contribution in [0.4, 0.5) is 0 Å². The van der Waals surface area contributed by atoms with Gasteiger partial charge in [0, 0.05) is 32.1 Å². The first-order valence-corrected chi connectivity index (χ1v) is 7.83. The Labute approximate surface area is 117 Å². The minimum absolute atomic E-state index is 0.251. The number of hydrogen-bond donors (Lipinski definition) is 1. The monoisotopic (exact) mass is 276 g/mol. The van der Waals surface area contributed by atoms with E-state index in [-0.39, 0.29) is 5.41 Å². The Morgan fingerprint density at radius 3 is 2.61 bits per heavy atom. The van der Waals surface area contributed by atoms with Gasteiger partial charge in [-0.25, -0.2) is 0 Å². The van der Waals surface area contributed by atoms with Crippen molar-refractivity contribution in [2.24, 2.45) is 5.41 Å². The normalized spacial score (nSPS) is 22.3. The highest BCUT2D eigenvalue weighted by Gasteiger charge is 2.25. The molecule has 0 aliphatic carbocycles. The summed E-state index contributed by atoms with van der Waals surface area (Å²) in [7, 11) is 0. The number of hydrogen-bond acceptors (Lipinski definition) is 3. The summed E-state index contributed by atoms with van der Waals surface area (Å²) < 4.78 is 5.79. The first-order chi connectivity index (χ1) is 8.69. The van der Waals surface area contributed by atoms with E-state index in [1.165, 1.54) is 0 Å². The van der Waals surface area contributed by atoms with Gasteiger partial charge in [0.2, 0.25) is 0 Å². The van der Waals surface area contributed by atoms with Crippen LogP contribution in [-0.4, -0.2) is 56.2 Å². The standard InChI is InChI=1S/C14H29ClN2O/c1-4-14(5-2,11-15)12-16-9-13-10-17(6-3)7-8-18-13/h13,16H,4-12H2,1-3H3. The average Bonchev–Trinajstić information content (AvgIpc) is 2.44. The predicted molar refractivity (Wildman–Crippen MR) is 78.5 cm³/mol. The molecule has 0 amide bonds. The molecular formula is C14H29ClN2O. The number of ether oxygens (including phenoxy) is 1. The number of nitrogens with one attached hydrogen (secondary N) is 1. The minimum Gasteiger partial charge on any atom is -0.374 e. The number of morpholine rings is 1. The Morgan fingerprint density at radius 1 is 1.33 bits per heavy atom. The lowest BCUT2D eigenvalue weighted by atomic mass is 9.84. The average molecular weight is 277 g/mol. The molecule has 18 heavy (non-hydrogen) atoms. The van der Waals surface area contributed by atoms with E-state index in [1.54, 1.807) is 0 Å². The molecule has 1 saturated heterocycles. The van der Waals surface area contributed by atoms with E-state index in [0.717, 1.165) is 58.1 Å². The van der Waals surface area contributed by atoms with E-state index in [1.807, 2.05) is 0 Å². The molecule has 1 N–H and O–H groups in total. The van der Waals surface area contributed by atoms with Crippen molar-refractivity contribution in [2.75, 3.05) is 45.2 Å². The second-order valence-corrected chi connectivity index (χ2v) is 5.62. The maximum Gasteiger partial charge on any atom is 0.0826 e. The van der Waals surface area contributed by atoms with Crippen LogP contribution in [0.1, 0.15) is 33.6 Å². The summed E-state index contributed by atoms with van der Waals surface area (Å²) in [5.74, 6) is 0.736. The molecule has 0 bridgehead atoms. The molecule has 1 rings (SSSR count). The molecule has 1 atom stereocenters. The van der Waals surface area contributed by atoms with Gasteiger partial charge in [0.1, 0.15) is 0 Å². The van der Waals surface area contributed by atoms with Crippen LogP contribution >= 0.6 is 11.6 Å². The van der Waals surface area contributed by atoms with Crippen LogP contribution < -0.4 is 5.32 Å². The van der Waals surface area contributed by atoms with Crippen molar-refractivity contribution >= 4 is 11.6 Å². The maximum atomic E-state index is 6.11. The van der Waals surface area contributed by atoms with Crippen molar-refractivity contribution in [2.45, 2.75) is 39.7 Å². The van der Waals surface area contributed by atoms with E-state index < -0.39 is 0 Å². The first kappa shape index (κ1) is 16.2. The molecule has 1 heterocycles. The molecule has 0 radical (unpaired) electrons. The van der Waals surface area contributed by atoms with Crippen molar-refractivity contribution in [3.8, 4) is 0 Å². The lowest BCUT2D eigenvalue weighted by molar-refractivity contribution is -0.0261. The molecule has 0 saturated carbocycles. The Kier molecular flexibility index (Phi) is 7.54. The molecule has 1 aliphatic heterocycles.